The molecule has 2 N–H and O–H groups in total. The number of para-hydroxylation sites is 1. The molecule has 3 heteroatoms. The van der Waals surface area contributed by atoms with Crippen molar-refractivity contribution in [2.75, 3.05) is 20.1 Å². The first-order valence-electron chi connectivity index (χ1n) is 7.27. The first kappa shape index (κ1) is 15.1. The van der Waals surface area contributed by atoms with Crippen molar-refractivity contribution < 1.29 is 0 Å². The van der Waals surface area contributed by atoms with Crippen LogP contribution in [0.25, 0.3) is 10.9 Å². The van der Waals surface area contributed by atoms with Gasteiger partial charge in [0.15, 0.2) is 0 Å². The molecular formula is C17H27N3. The molecule has 0 bridgehead atoms. The summed E-state index contributed by atoms with van der Waals surface area (Å²) in [6, 6.07) is 8.61. The third kappa shape index (κ3) is 2.89. The van der Waals surface area contributed by atoms with Crippen LogP contribution in [0.3, 0.4) is 0 Å². The highest BCUT2D eigenvalue weighted by atomic mass is 15.1. The van der Waals surface area contributed by atoms with Crippen LogP contribution in [-0.2, 0) is 13.6 Å². The maximum atomic E-state index is 5.84. The van der Waals surface area contributed by atoms with Gasteiger partial charge in [-0.1, -0.05) is 32.0 Å². The highest BCUT2D eigenvalue weighted by molar-refractivity contribution is 5.85. The van der Waals surface area contributed by atoms with Crippen molar-refractivity contribution in [1.29, 1.82) is 0 Å². The molecule has 2 aromatic rings. The fourth-order valence-corrected chi connectivity index (χ4v) is 2.97. The lowest BCUT2D eigenvalue weighted by atomic mass is 9.93. The van der Waals surface area contributed by atoms with E-state index < -0.39 is 0 Å². The van der Waals surface area contributed by atoms with Gasteiger partial charge < -0.3 is 15.2 Å². The standard InChI is InChI=1S/C17H27N3/c1-13-14-8-6-7-9-15(14)20(5)16(13)10-19(4)12-17(2,3)11-18/h6-9H,10-12,18H2,1-5H3. The van der Waals surface area contributed by atoms with Crippen LogP contribution in [-0.4, -0.2) is 29.6 Å². The average Bonchev–Trinajstić information content (AvgIpc) is 2.64. The number of nitrogens with zero attached hydrogens (tertiary/aromatic N) is 2. The van der Waals surface area contributed by atoms with Gasteiger partial charge in [0.2, 0.25) is 0 Å². The molecule has 1 aromatic carbocycles. The van der Waals surface area contributed by atoms with Crippen molar-refractivity contribution in [3.05, 3.63) is 35.5 Å². The minimum Gasteiger partial charge on any atom is -0.346 e. The van der Waals surface area contributed by atoms with E-state index in [2.05, 4.69) is 68.6 Å². The molecule has 0 unspecified atom stereocenters. The number of rotatable bonds is 5. The number of nitrogens with two attached hydrogens (primary N) is 1. The van der Waals surface area contributed by atoms with Gasteiger partial charge >= 0.3 is 0 Å². The molecule has 2 rings (SSSR count). The van der Waals surface area contributed by atoms with Crippen LogP contribution < -0.4 is 5.73 Å². The van der Waals surface area contributed by atoms with E-state index in [1.54, 1.807) is 0 Å². The zero-order valence-corrected chi connectivity index (χ0v) is 13.4. The summed E-state index contributed by atoms with van der Waals surface area (Å²) in [4.78, 5) is 2.37. The summed E-state index contributed by atoms with van der Waals surface area (Å²) in [5.41, 5.74) is 10.1. The maximum absolute atomic E-state index is 5.84. The molecule has 20 heavy (non-hydrogen) atoms. The number of benzene rings is 1. The van der Waals surface area contributed by atoms with Crippen molar-refractivity contribution in [3.8, 4) is 0 Å². The van der Waals surface area contributed by atoms with E-state index in [4.69, 9.17) is 5.73 Å². The quantitative estimate of drug-likeness (QED) is 0.909. The lowest BCUT2D eigenvalue weighted by molar-refractivity contribution is 0.207. The van der Waals surface area contributed by atoms with E-state index in [9.17, 15) is 0 Å². The second kappa shape index (κ2) is 5.58. The molecule has 110 valence electrons. The van der Waals surface area contributed by atoms with Crippen molar-refractivity contribution in [2.45, 2.75) is 27.3 Å². The minimum atomic E-state index is 0.160. The summed E-state index contributed by atoms with van der Waals surface area (Å²) in [5, 5.41) is 1.36. The molecule has 0 radical (unpaired) electrons. The molecule has 1 aromatic heterocycles. The highest BCUT2D eigenvalue weighted by Gasteiger charge is 2.20. The van der Waals surface area contributed by atoms with Gasteiger partial charge in [-0.2, -0.15) is 0 Å². The summed E-state index contributed by atoms with van der Waals surface area (Å²) in [6.07, 6.45) is 0. The number of hydrogen-bond donors (Lipinski definition) is 1. The normalized spacial score (nSPS) is 12.6. The van der Waals surface area contributed by atoms with Crippen LogP contribution in [0.1, 0.15) is 25.1 Å². The summed E-state index contributed by atoms with van der Waals surface area (Å²) in [7, 11) is 4.33. The zero-order chi connectivity index (χ0) is 14.9. The molecule has 0 saturated heterocycles. The zero-order valence-electron chi connectivity index (χ0n) is 13.4. The molecule has 0 aliphatic rings. The Morgan fingerprint density at radius 1 is 1.25 bits per heavy atom. The van der Waals surface area contributed by atoms with Crippen molar-refractivity contribution in [2.24, 2.45) is 18.2 Å². The molecule has 0 atom stereocenters. The third-order valence-electron chi connectivity index (χ3n) is 4.18. The maximum Gasteiger partial charge on any atom is 0.0483 e. The Kier molecular flexibility index (Phi) is 4.21. The SMILES string of the molecule is Cc1c(CN(C)CC(C)(C)CN)n(C)c2ccccc12. The molecule has 3 nitrogen and oxygen atoms in total. The predicted octanol–water partition coefficient (Wildman–Crippen LogP) is 2.90. The summed E-state index contributed by atoms with van der Waals surface area (Å²) in [6.45, 7) is 9.34. The Hall–Kier alpha value is -1.32. The van der Waals surface area contributed by atoms with Gasteiger partial charge in [-0.3, -0.25) is 0 Å². The fraction of sp³-hybridized carbons (Fsp3) is 0.529. The Labute approximate surface area is 122 Å². The number of fused-ring (bicyclic) bond motifs is 1. The molecule has 0 aliphatic carbocycles. The highest BCUT2D eigenvalue weighted by Crippen LogP contribution is 2.26. The van der Waals surface area contributed by atoms with Crippen molar-refractivity contribution in [1.82, 2.24) is 9.47 Å². The molecule has 0 spiro atoms. The van der Waals surface area contributed by atoms with Gasteiger partial charge in [-0.25, -0.2) is 0 Å². The smallest absolute Gasteiger partial charge is 0.0483 e. The van der Waals surface area contributed by atoms with Gasteiger partial charge in [0, 0.05) is 36.7 Å². The Balaban J connectivity index is 2.26. The lowest BCUT2D eigenvalue weighted by Crippen LogP contribution is -2.36. The third-order valence-corrected chi connectivity index (χ3v) is 4.18. The van der Waals surface area contributed by atoms with Crippen LogP contribution in [0.4, 0.5) is 0 Å². The fourth-order valence-electron chi connectivity index (χ4n) is 2.97. The predicted molar refractivity (Wildman–Crippen MR) is 86.8 cm³/mol. The molecule has 0 aliphatic heterocycles. The van der Waals surface area contributed by atoms with Crippen LogP contribution >= 0.6 is 0 Å². The first-order valence-corrected chi connectivity index (χ1v) is 7.27. The van der Waals surface area contributed by atoms with Gasteiger partial charge in [0.1, 0.15) is 0 Å². The number of aryl methyl sites for hydroxylation is 2. The summed E-state index contributed by atoms with van der Waals surface area (Å²) >= 11 is 0. The minimum absolute atomic E-state index is 0.160. The van der Waals surface area contributed by atoms with E-state index >= 15 is 0 Å². The van der Waals surface area contributed by atoms with E-state index in [1.807, 2.05) is 0 Å². The van der Waals surface area contributed by atoms with Crippen molar-refractivity contribution in [3.63, 3.8) is 0 Å². The number of aromatic nitrogens is 1. The lowest BCUT2D eigenvalue weighted by Gasteiger charge is -2.29. The topological polar surface area (TPSA) is 34.2 Å². The first-order chi connectivity index (χ1) is 9.35. The van der Waals surface area contributed by atoms with Crippen molar-refractivity contribution >= 4 is 10.9 Å². The van der Waals surface area contributed by atoms with E-state index in [1.165, 1.54) is 22.2 Å². The summed E-state index contributed by atoms with van der Waals surface area (Å²) < 4.78 is 2.32. The van der Waals surface area contributed by atoms with Crippen LogP contribution in [0.2, 0.25) is 0 Å². The second-order valence-electron chi connectivity index (χ2n) is 6.69. The molecule has 1 heterocycles. The van der Waals surface area contributed by atoms with Gasteiger partial charge in [0.05, 0.1) is 0 Å². The Bertz CT molecular complexity index is 557. The van der Waals surface area contributed by atoms with Gasteiger partial charge in [-0.05, 0) is 37.6 Å². The van der Waals surface area contributed by atoms with Crippen LogP contribution in [0.15, 0.2) is 24.3 Å². The monoisotopic (exact) mass is 273 g/mol. The molecule has 0 fully saturated rings. The summed E-state index contributed by atoms with van der Waals surface area (Å²) in [5.74, 6) is 0. The molecule has 0 saturated carbocycles. The molecule has 0 amide bonds. The van der Waals surface area contributed by atoms with E-state index in [0.717, 1.165) is 13.1 Å². The second-order valence-corrected chi connectivity index (χ2v) is 6.69. The van der Waals surface area contributed by atoms with Gasteiger partial charge in [-0.15, -0.1) is 0 Å². The number of hydrogen-bond acceptors (Lipinski definition) is 2. The Morgan fingerprint density at radius 2 is 1.90 bits per heavy atom. The Morgan fingerprint density at radius 3 is 2.50 bits per heavy atom. The van der Waals surface area contributed by atoms with Crippen LogP contribution in [0, 0.1) is 12.3 Å². The molecular weight excluding hydrogens is 246 g/mol. The van der Waals surface area contributed by atoms with E-state index in [0.29, 0.717) is 6.54 Å². The van der Waals surface area contributed by atoms with Crippen LogP contribution in [0.5, 0.6) is 0 Å². The van der Waals surface area contributed by atoms with Gasteiger partial charge in [0.25, 0.3) is 0 Å². The van der Waals surface area contributed by atoms with E-state index in [-0.39, 0.29) is 5.41 Å². The average molecular weight is 273 g/mol. The largest absolute Gasteiger partial charge is 0.346 e.